The van der Waals surface area contributed by atoms with E-state index in [4.69, 9.17) is 9.47 Å². The second-order valence-corrected chi connectivity index (χ2v) is 7.03. The van der Waals surface area contributed by atoms with Crippen LogP contribution in [0.2, 0.25) is 0 Å². The van der Waals surface area contributed by atoms with Gasteiger partial charge in [0.1, 0.15) is 0 Å². The maximum Gasteiger partial charge on any atom is 0.193 e. The summed E-state index contributed by atoms with van der Waals surface area (Å²) in [5, 5.41) is 3.39. The van der Waals surface area contributed by atoms with E-state index in [0.29, 0.717) is 5.92 Å². The Hall–Kier alpha value is -1.11. The van der Waals surface area contributed by atoms with Crippen LogP contribution in [0.4, 0.5) is 0 Å². The van der Waals surface area contributed by atoms with Gasteiger partial charge in [-0.2, -0.15) is 0 Å². The SMILES string of the molecule is CN=C(NCCCOCC1CCOC1)N(C)Cc1ccc(Br)cc1. The minimum absolute atomic E-state index is 0.586. The van der Waals surface area contributed by atoms with Gasteiger partial charge in [0.25, 0.3) is 0 Å². The van der Waals surface area contributed by atoms with Gasteiger partial charge >= 0.3 is 0 Å². The Morgan fingerprint density at radius 3 is 2.88 bits per heavy atom. The minimum Gasteiger partial charge on any atom is -0.381 e. The molecule has 0 spiro atoms. The lowest BCUT2D eigenvalue weighted by Crippen LogP contribution is -2.39. The summed E-state index contributed by atoms with van der Waals surface area (Å²) in [4.78, 5) is 6.47. The first-order chi connectivity index (χ1) is 11.7. The monoisotopic (exact) mass is 397 g/mol. The Labute approximate surface area is 153 Å². The lowest BCUT2D eigenvalue weighted by molar-refractivity contribution is 0.0887. The van der Waals surface area contributed by atoms with Gasteiger partial charge in [-0.25, -0.2) is 0 Å². The highest BCUT2D eigenvalue weighted by atomic mass is 79.9. The van der Waals surface area contributed by atoms with E-state index in [1.54, 1.807) is 0 Å². The van der Waals surface area contributed by atoms with Gasteiger partial charge in [-0.15, -0.1) is 0 Å². The van der Waals surface area contributed by atoms with Crippen molar-refractivity contribution in [1.82, 2.24) is 10.2 Å². The van der Waals surface area contributed by atoms with Crippen molar-refractivity contribution >= 4 is 21.9 Å². The maximum atomic E-state index is 5.72. The number of nitrogens with one attached hydrogen (secondary N) is 1. The summed E-state index contributed by atoms with van der Waals surface area (Å²) in [6.45, 7) is 5.01. The van der Waals surface area contributed by atoms with E-state index in [1.807, 2.05) is 14.1 Å². The van der Waals surface area contributed by atoms with Gasteiger partial charge in [0, 0.05) is 50.8 Å². The summed E-state index contributed by atoms with van der Waals surface area (Å²) < 4.78 is 12.2. The zero-order valence-corrected chi connectivity index (χ0v) is 16.2. The lowest BCUT2D eigenvalue weighted by Gasteiger charge is -2.22. The van der Waals surface area contributed by atoms with Crippen molar-refractivity contribution in [3.8, 4) is 0 Å². The molecule has 1 aromatic carbocycles. The zero-order chi connectivity index (χ0) is 17.2. The molecule has 1 aliphatic rings. The van der Waals surface area contributed by atoms with Crippen molar-refractivity contribution in [1.29, 1.82) is 0 Å². The van der Waals surface area contributed by atoms with Crippen LogP contribution in [0.3, 0.4) is 0 Å². The Bertz CT molecular complexity index is 501. The van der Waals surface area contributed by atoms with Crippen LogP contribution in [-0.4, -0.2) is 57.9 Å². The highest BCUT2D eigenvalue weighted by molar-refractivity contribution is 9.10. The molecule has 0 saturated carbocycles. The lowest BCUT2D eigenvalue weighted by atomic mass is 10.1. The van der Waals surface area contributed by atoms with E-state index in [2.05, 4.69) is 55.4 Å². The number of aliphatic imine (C=N–C) groups is 1. The minimum atomic E-state index is 0.586. The van der Waals surface area contributed by atoms with Crippen LogP contribution in [0.15, 0.2) is 33.7 Å². The summed E-state index contributed by atoms with van der Waals surface area (Å²) in [5.41, 5.74) is 1.26. The van der Waals surface area contributed by atoms with E-state index in [9.17, 15) is 0 Å². The normalized spacial score (nSPS) is 18.0. The second kappa shape index (κ2) is 10.7. The molecule has 1 heterocycles. The smallest absolute Gasteiger partial charge is 0.193 e. The zero-order valence-electron chi connectivity index (χ0n) is 14.6. The molecule has 1 saturated heterocycles. The summed E-state index contributed by atoms with van der Waals surface area (Å²) >= 11 is 3.46. The molecule has 1 fully saturated rings. The van der Waals surface area contributed by atoms with Gasteiger partial charge in [0.2, 0.25) is 0 Å². The Morgan fingerprint density at radius 2 is 2.21 bits per heavy atom. The number of hydrogen-bond acceptors (Lipinski definition) is 3. The van der Waals surface area contributed by atoms with Crippen molar-refractivity contribution in [2.45, 2.75) is 19.4 Å². The average Bonchev–Trinajstić information content (AvgIpc) is 3.09. The van der Waals surface area contributed by atoms with Crippen LogP contribution in [0.1, 0.15) is 18.4 Å². The molecular formula is C18H28BrN3O2. The van der Waals surface area contributed by atoms with Crippen LogP contribution in [0.5, 0.6) is 0 Å². The van der Waals surface area contributed by atoms with Crippen molar-refractivity contribution in [3.05, 3.63) is 34.3 Å². The van der Waals surface area contributed by atoms with E-state index < -0.39 is 0 Å². The van der Waals surface area contributed by atoms with Crippen LogP contribution >= 0.6 is 15.9 Å². The van der Waals surface area contributed by atoms with Gasteiger partial charge < -0.3 is 19.7 Å². The van der Waals surface area contributed by atoms with Crippen molar-refractivity contribution in [3.63, 3.8) is 0 Å². The van der Waals surface area contributed by atoms with Crippen LogP contribution in [-0.2, 0) is 16.0 Å². The quantitative estimate of drug-likeness (QED) is 0.416. The molecule has 2 rings (SSSR count). The molecule has 0 aromatic heterocycles. The van der Waals surface area contributed by atoms with E-state index >= 15 is 0 Å². The fraction of sp³-hybridized carbons (Fsp3) is 0.611. The fourth-order valence-electron chi connectivity index (χ4n) is 2.66. The largest absolute Gasteiger partial charge is 0.381 e. The highest BCUT2D eigenvalue weighted by Crippen LogP contribution is 2.13. The van der Waals surface area contributed by atoms with Crippen molar-refractivity contribution in [2.75, 3.05) is 47.1 Å². The van der Waals surface area contributed by atoms with Gasteiger partial charge in [-0.05, 0) is 30.5 Å². The van der Waals surface area contributed by atoms with Crippen LogP contribution in [0.25, 0.3) is 0 Å². The van der Waals surface area contributed by atoms with Gasteiger partial charge in [-0.1, -0.05) is 28.1 Å². The molecular weight excluding hydrogens is 370 g/mol. The third-order valence-corrected chi connectivity index (χ3v) is 4.56. The molecule has 0 aliphatic carbocycles. The Kier molecular flexibility index (Phi) is 8.56. The van der Waals surface area contributed by atoms with Crippen LogP contribution in [0, 0.1) is 5.92 Å². The molecule has 0 amide bonds. The molecule has 134 valence electrons. The second-order valence-electron chi connectivity index (χ2n) is 6.11. The first kappa shape index (κ1) is 19.2. The van der Waals surface area contributed by atoms with Crippen molar-refractivity contribution < 1.29 is 9.47 Å². The van der Waals surface area contributed by atoms with Crippen molar-refractivity contribution in [2.24, 2.45) is 10.9 Å². The maximum absolute atomic E-state index is 5.72. The molecule has 1 unspecified atom stereocenters. The number of hydrogen-bond donors (Lipinski definition) is 1. The van der Waals surface area contributed by atoms with Gasteiger partial charge in [0.15, 0.2) is 5.96 Å². The standard InChI is InChI=1S/C18H28BrN3O2/c1-20-18(22(2)12-15-4-6-17(19)7-5-15)21-9-3-10-23-13-16-8-11-24-14-16/h4-7,16H,3,8-14H2,1-2H3,(H,20,21). The Balaban J connectivity index is 1.61. The number of ether oxygens (including phenoxy) is 2. The number of rotatable bonds is 8. The molecule has 0 radical (unpaired) electrons. The fourth-order valence-corrected chi connectivity index (χ4v) is 2.93. The van der Waals surface area contributed by atoms with E-state index in [0.717, 1.165) is 62.8 Å². The predicted octanol–water partition coefficient (Wildman–Crippen LogP) is 2.90. The van der Waals surface area contributed by atoms with E-state index in [-0.39, 0.29) is 0 Å². The molecule has 0 bridgehead atoms. The number of guanidine groups is 1. The third kappa shape index (κ3) is 6.79. The van der Waals surface area contributed by atoms with Gasteiger partial charge in [-0.3, -0.25) is 4.99 Å². The molecule has 5 nitrogen and oxygen atoms in total. The summed E-state index contributed by atoms with van der Waals surface area (Å²) in [6, 6.07) is 8.36. The topological polar surface area (TPSA) is 46.1 Å². The summed E-state index contributed by atoms with van der Waals surface area (Å²) in [7, 11) is 3.87. The molecule has 1 aliphatic heterocycles. The predicted molar refractivity (Wildman–Crippen MR) is 101 cm³/mol. The number of benzene rings is 1. The average molecular weight is 398 g/mol. The van der Waals surface area contributed by atoms with Gasteiger partial charge in [0.05, 0.1) is 13.2 Å². The third-order valence-electron chi connectivity index (χ3n) is 4.03. The first-order valence-corrected chi connectivity index (χ1v) is 9.30. The molecule has 1 atom stereocenters. The number of halogens is 1. The molecule has 1 aromatic rings. The summed E-state index contributed by atoms with van der Waals surface area (Å²) in [5.74, 6) is 1.49. The van der Waals surface area contributed by atoms with Crippen LogP contribution < -0.4 is 5.32 Å². The molecule has 1 N–H and O–H groups in total. The number of nitrogens with zero attached hydrogens (tertiary/aromatic N) is 2. The molecule has 24 heavy (non-hydrogen) atoms. The summed E-state index contributed by atoms with van der Waals surface area (Å²) in [6.07, 6.45) is 2.10. The van der Waals surface area contributed by atoms with E-state index in [1.165, 1.54) is 5.56 Å². The Morgan fingerprint density at radius 1 is 1.42 bits per heavy atom. The first-order valence-electron chi connectivity index (χ1n) is 8.50. The molecule has 6 heteroatoms. The highest BCUT2D eigenvalue weighted by Gasteiger charge is 2.15.